The highest BCUT2D eigenvalue weighted by atomic mass is 19.1. The zero-order valence-corrected chi connectivity index (χ0v) is 11.7. The lowest BCUT2D eigenvalue weighted by molar-refractivity contribution is 0.164. The number of hydrogen-bond donors (Lipinski definition) is 1. The van der Waals surface area contributed by atoms with Crippen LogP contribution in [0.4, 0.5) is 4.39 Å². The van der Waals surface area contributed by atoms with Crippen molar-refractivity contribution in [3.8, 4) is 17.2 Å². The fourth-order valence-corrected chi connectivity index (χ4v) is 3.43. The van der Waals surface area contributed by atoms with Crippen LogP contribution >= 0.6 is 0 Å². The molecule has 0 unspecified atom stereocenters. The van der Waals surface area contributed by atoms with Crippen molar-refractivity contribution >= 4 is 0 Å². The topological polar surface area (TPSA) is 53.7 Å². The smallest absolute Gasteiger partial charge is 0.169 e. The highest BCUT2D eigenvalue weighted by Crippen LogP contribution is 2.52. The van der Waals surface area contributed by atoms with Crippen LogP contribution in [0, 0.1) is 5.82 Å². The van der Waals surface area contributed by atoms with E-state index in [-0.39, 0.29) is 11.2 Å². The monoisotopic (exact) mass is 281 g/mol. The van der Waals surface area contributed by atoms with Crippen LogP contribution in [0.15, 0.2) is 6.07 Å². The second-order valence-electron chi connectivity index (χ2n) is 5.48. The van der Waals surface area contributed by atoms with Crippen LogP contribution in [0.3, 0.4) is 0 Å². The number of halogens is 1. The molecule has 4 nitrogen and oxygen atoms in total. The molecule has 1 fully saturated rings. The van der Waals surface area contributed by atoms with E-state index in [2.05, 4.69) is 0 Å². The fourth-order valence-electron chi connectivity index (χ4n) is 3.43. The molecule has 0 saturated heterocycles. The number of rotatable bonds is 3. The van der Waals surface area contributed by atoms with Gasteiger partial charge in [-0.2, -0.15) is 0 Å². The van der Waals surface area contributed by atoms with E-state index < -0.39 is 5.82 Å². The Balaban J connectivity index is 2.23. The lowest BCUT2D eigenvalue weighted by Gasteiger charge is -2.33. The lowest BCUT2D eigenvalue weighted by atomic mass is 9.77. The Morgan fingerprint density at radius 3 is 2.65 bits per heavy atom. The first-order valence-corrected chi connectivity index (χ1v) is 7.08. The number of ether oxygens (including phenoxy) is 3. The van der Waals surface area contributed by atoms with Crippen LogP contribution in [0.2, 0.25) is 0 Å². The summed E-state index contributed by atoms with van der Waals surface area (Å²) in [5.74, 6) is 0.916. The van der Waals surface area contributed by atoms with E-state index in [1.807, 2.05) is 0 Å². The second kappa shape index (κ2) is 5.13. The highest BCUT2D eigenvalue weighted by molar-refractivity contribution is 5.59. The van der Waals surface area contributed by atoms with E-state index in [4.69, 9.17) is 19.9 Å². The molecule has 1 aliphatic heterocycles. The third kappa shape index (κ3) is 1.92. The Morgan fingerprint density at radius 2 is 2.00 bits per heavy atom. The predicted octanol–water partition coefficient (Wildman–Crippen LogP) is 2.38. The first-order chi connectivity index (χ1) is 9.72. The van der Waals surface area contributed by atoms with Gasteiger partial charge in [0.1, 0.15) is 13.2 Å². The Labute approximate surface area is 118 Å². The highest BCUT2D eigenvalue weighted by Gasteiger charge is 2.42. The van der Waals surface area contributed by atoms with E-state index in [1.165, 1.54) is 13.2 Å². The van der Waals surface area contributed by atoms with Crippen molar-refractivity contribution in [2.45, 2.75) is 31.1 Å². The summed E-state index contributed by atoms with van der Waals surface area (Å²) < 4.78 is 30.9. The summed E-state index contributed by atoms with van der Waals surface area (Å²) in [6.07, 6.45) is 4.04. The predicted molar refractivity (Wildman–Crippen MR) is 73.1 cm³/mol. The molecule has 2 N–H and O–H groups in total. The minimum absolute atomic E-state index is 0.251. The lowest BCUT2D eigenvalue weighted by Crippen LogP contribution is -2.34. The average molecular weight is 281 g/mol. The molecule has 1 heterocycles. The molecule has 1 aromatic carbocycles. The van der Waals surface area contributed by atoms with Gasteiger partial charge in [0.15, 0.2) is 23.1 Å². The molecule has 110 valence electrons. The van der Waals surface area contributed by atoms with Gasteiger partial charge in [0.05, 0.1) is 12.7 Å². The molecule has 1 aliphatic carbocycles. The normalized spacial score (nSPS) is 19.9. The molecular formula is C15H20FNO3. The van der Waals surface area contributed by atoms with Gasteiger partial charge in [0.25, 0.3) is 0 Å². The fraction of sp³-hybridized carbons (Fsp3) is 0.600. The largest absolute Gasteiger partial charge is 0.493 e. The molecule has 3 rings (SSSR count). The molecule has 0 aromatic heterocycles. The van der Waals surface area contributed by atoms with Gasteiger partial charge in [0.2, 0.25) is 0 Å². The number of methoxy groups -OCH3 is 1. The summed E-state index contributed by atoms with van der Waals surface area (Å²) in [6.45, 7) is 1.37. The maximum absolute atomic E-state index is 14.3. The molecule has 0 atom stereocenters. The maximum Gasteiger partial charge on any atom is 0.169 e. The molecule has 5 heteroatoms. The summed E-state index contributed by atoms with van der Waals surface area (Å²) in [7, 11) is 1.48. The van der Waals surface area contributed by atoms with Crippen LogP contribution < -0.4 is 19.9 Å². The summed E-state index contributed by atoms with van der Waals surface area (Å²) in [5.41, 5.74) is 6.53. The number of fused-ring (bicyclic) bond motifs is 1. The van der Waals surface area contributed by atoms with E-state index in [1.54, 1.807) is 0 Å². The molecule has 20 heavy (non-hydrogen) atoms. The van der Waals surface area contributed by atoms with Crippen molar-refractivity contribution in [3.05, 3.63) is 17.4 Å². The van der Waals surface area contributed by atoms with E-state index in [0.29, 0.717) is 31.3 Å². The van der Waals surface area contributed by atoms with E-state index in [9.17, 15) is 4.39 Å². The van der Waals surface area contributed by atoms with Crippen LogP contribution in [-0.2, 0) is 5.41 Å². The minimum atomic E-state index is -0.411. The van der Waals surface area contributed by atoms with E-state index in [0.717, 1.165) is 31.2 Å². The molecule has 0 spiro atoms. The standard InChI is InChI=1S/C15H20FNO3/c1-18-13-10(16)8-11-14(20-7-6-19-11)12(13)15(9-17)4-2-3-5-15/h8H,2-7,9,17H2,1H3. The zero-order chi connectivity index (χ0) is 14.2. The first-order valence-electron chi connectivity index (χ1n) is 7.08. The average Bonchev–Trinajstić information content (AvgIpc) is 2.95. The van der Waals surface area contributed by atoms with Crippen LogP contribution in [-0.4, -0.2) is 26.9 Å². The van der Waals surface area contributed by atoms with Crippen molar-refractivity contribution in [2.75, 3.05) is 26.9 Å². The Bertz CT molecular complexity index is 512. The molecule has 1 saturated carbocycles. The van der Waals surface area contributed by atoms with Crippen molar-refractivity contribution in [1.29, 1.82) is 0 Å². The quantitative estimate of drug-likeness (QED) is 0.924. The van der Waals surface area contributed by atoms with Crippen molar-refractivity contribution in [1.82, 2.24) is 0 Å². The number of benzene rings is 1. The summed E-state index contributed by atoms with van der Waals surface area (Å²) in [6, 6.07) is 1.34. The van der Waals surface area contributed by atoms with Gasteiger partial charge in [-0.25, -0.2) is 4.39 Å². The minimum Gasteiger partial charge on any atom is -0.493 e. The Hall–Kier alpha value is -1.49. The van der Waals surface area contributed by atoms with Gasteiger partial charge >= 0.3 is 0 Å². The maximum atomic E-state index is 14.3. The van der Waals surface area contributed by atoms with E-state index >= 15 is 0 Å². The number of nitrogens with two attached hydrogens (primary N) is 1. The van der Waals surface area contributed by atoms with Gasteiger partial charge in [-0.05, 0) is 12.8 Å². The zero-order valence-electron chi connectivity index (χ0n) is 11.7. The first kappa shape index (κ1) is 13.5. The molecule has 0 amide bonds. The molecular weight excluding hydrogens is 261 g/mol. The van der Waals surface area contributed by atoms with Gasteiger partial charge in [-0.3, -0.25) is 0 Å². The van der Waals surface area contributed by atoms with Crippen molar-refractivity contribution < 1.29 is 18.6 Å². The molecule has 1 aromatic rings. The van der Waals surface area contributed by atoms with Crippen LogP contribution in [0.25, 0.3) is 0 Å². The SMILES string of the molecule is COc1c(F)cc2c(c1C1(CN)CCCC1)OCCO2. The van der Waals surface area contributed by atoms with Gasteiger partial charge in [0, 0.05) is 18.0 Å². The van der Waals surface area contributed by atoms with Gasteiger partial charge in [-0.1, -0.05) is 12.8 Å². The van der Waals surface area contributed by atoms with Crippen LogP contribution in [0.1, 0.15) is 31.2 Å². The molecule has 0 bridgehead atoms. The third-order valence-electron chi connectivity index (χ3n) is 4.43. The van der Waals surface area contributed by atoms with Crippen molar-refractivity contribution in [2.24, 2.45) is 5.73 Å². The second-order valence-corrected chi connectivity index (χ2v) is 5.48. The van der Waals surface area contributed by atoms with Crippen molar-refractivity contribution in [3.63, 3.8) is 0 Å². The van der Waals surface area contributed by atoms with Crippen LogP contribution in [0.5, 0.6) is 17.2 Å². The van der Waals surface area contributed by atoms with Gasteiger partial charge in [-0.15, -0.1) is 0 Å². The molecule has 2 aliphatic rings. The Morgan fingerprint density at radius 1 is 1.30 bits per heavy atom. The molecule has 0 radical (unpaired) electrons. The summed E-state index contributed by atoms with van der Waals surface area (Å²) in [5, 5.41) is 0. The summed E-state index contributed by atoms with van der Waals surface area (Å²) in [4.78, 5) is 0. The van der Waals surface area contributed by atoms with Gasteiger partial charge < -0.3 is 19.9 Å². The summed E-state index contributed by atoms with van der Waals surface area (Å²) >= 11 is 0. The third-order valence-corrected chi connectivity index (χ3v) is 4.43. The number of hydrogen-bond acceptors (Lipinski definition) is 4. The Kier molecular flexibility index (Phi) is 3.46.